The third-order valence-corrected chi connectivity index (χ3v) is 4.78. The van der Waals surface area contributed by atoms with Crippen molar-refractivity contribution in [1.82, 2.24) is 9.97 Å². The van der Waals surface area contributed by atoms with Gasteiger partial charge in [-0.1, -0.05) is 29.8 Å². The predicted octanol–water partition coefficient (Wildman–Crippen LogP) is 4.56. The molecule has 0 unspecified atom stereocenters. The zero-order valence-electron chi connectivity index (χ0n) is 14.7. The average molecular weight is 389 g/mol. The van der Waals surface area contributed by atoms with E-state index in [1.165, 1.54) is 11.1 Å². The summed E-state index contributed by atoms with van der Waals surface area (Å²) >= 11 is 3.59. The summed E-state index contributed by atoms with van der Waals surface area (Å²) in [6.07, 6.45) is 0. The van der Waals surface area contributed by atoms with Crippen LogP contribution >= 0.6 is 15.9 Å². The van der Waals surface area contributed by atoms with Crippen molar-refractivity contribution in [3.8, 4) is 5.75 Å². The molecule has 24 heavy (non-hydrogen) atoms. The molecule has 1 aromatic heterocycles. The highest BCUT2D eigenvalue weighted by molar-refractivity contribution is 9.10. The Hall–Kier alpha value is -1.62. The van der Waals surface area contributed by atoms with Gasteiger partial charge in [-0.3, -0.25) is 0 Å². The van der Waals surface area contributed by atoms with Crippen LogP contribution in [0.1, 0.15) is 48.0 Å². The zero-order chi connectivity index (χ0) is 17.4. The van der Waals surface area contributed by atoms with Crippen molar-refractivity contribution in [3.05, 3.63) is 51.7 Å². The first kappa shape index (κ1) is 17.2. The summed E-state index contributed by atoms with van der Waals surface area (Å²) in [4.78, 5) is 11.4. The molecule has 2 heterocycles. The van der Waals surface area contributed by atoms with Gasteiger partial charge in [-0.25, -0.2) is 9.97 Å². The summed E-state index contributed by atoms with van der Waals surface area (Å²) < 4.78 is 7.10. The van der Waals surface area contributed by atoms with Gasteiger partial charge in [0.15, 0.2) is 0 Å². The molecule has 0 saturated carbocycles. The molecule has 1 aliphatic heterocycles. The van der Waals surface area contributed by atoms with Gasteiger partial charge in [0.2, 0.25) is 0 Å². The highest BCUT2D eigenvalue weighted by atomic mass is 79.9. The molecule has 0 amide bonds. The van der Waals surface area contributed by atoms with Gasteiger partial charge in [0.25, 0.3) is 0 Å². The Morgan fingerprint density at radius 3 is 2.71 bits per heavy atom. The molecule has 0 saturated heterocycles. The summed E-state index contributed by atoms with van der Waals surface area (Å²) in [5.74, 6) is 2.90. The van der Waals surface area contributed by atoms with Gasteiger partial charge in [-0.05, 0) is 37.5 Å². The molecule has 0 N–H and O–H groups in total. The number of aryl methyl sites for hydroxylation is 2. The van der Waals surface area contributed by atoms with E-state index in [1.54, 1.807) is 0 Å². The van der Waals surface area contributed by atoms with Crippen LogP contribution in [0.2, 0.25) is 0 Å². The molecule has 0 bridgehead atoms. The second-order valence-corrected chi connectivity index (χ2v) is 7.51. The smallest absolute Gasteiger partial charge is 0.136 e. The minimum atomic E-state index is 0.355. The van der Waals surface area contributed by atoms with E-state index in [0.29, 0.717) is 18.3 Å². The molecule has 0 fully saturated rings. The molecule has 0 aliphatic carbocycles. The lowest BCUT2D eigenvalue weighted by atomic mass is 10.0. The molecular formula is C19H23BrN3O. The van der Waals surface area contributed by atoms with E-state index in [0.717, 1.165) is 40.4 Å². The number of ether oxygens (including phenoxy) is 1. The summed E-state index contributed by atoms with van der Waals surface area (Å²) in [6.45, 7) is 14.6. The fourth-order valence-corrected chi connectivity index (χ4v) is 4.01. The quantitative estimate of drug-likeness (QED) is 0.755. The largest absolute Gasteiger partial charge is 0.491 e. The van der Waals surface area contributed by atoms with Crippen LogP contribution in [0, 0.1) is 20.8 Å². The molecule has 0 atom stereocenters. The molecule has 1 aliphatic rings. The lowest BCUT2D eigenvalue weighted by molar-refractivity contribution is 0.329. The van der Waals surface area contributed by atoms with Crippen molar-refractivity contribution in [3.63, 3.8) is 0 Å². The summed E-state index contributed by atoms with van der Waals surface area (Å²) in [5.41, 5.74) is 4.53. The van der Waals surface area contributed by atoms with Crippen molar-refractivity contribution < 1.29 is 4.74 Å². The lowest BCUT2D eigenvalue weighted by Crippen LogP contribution is -2.28. The number of benzene rings is 1. The second kappa shape index (κ2) is 6.71. The fourth-order valence-electron chi connectivity index (χ4n) is 3.39. The van der Waals surface area contributed by atoms with Crippen LogP contribution in [0.4, 0.5) is 5.82 Å². The number of hydrogen-bond acceptors (Lipinski definition) is 4. The average Bonchev–Trinajstić information content (AvgIpc) is 2.68. The normalized spacial score (nSPS) is 14.4. The van der Waals surface area contributed by atoms with E-state index >= 15 is 0 Å². The van der Waals surface area contributed by atoms with E-state index in [1.807, 2.05) is 6.92 Å². The van der Waals surface area contributed by atoms with Gasteiger partial charge in [-0.2, -0.15) is 0 Å². The predicted molar refractivity (Wildman–Crippen MR) is 101 cm³/mol. The van der Waals surface area contributed by atoms with Gasteiger partial charge in [0.1, 0.15) is 24.0 Å². The van der Waals surface area contributed by atoms with E-state index in [4.69, 9.17) is 4.74 Å². The number of halogens is 1. The molecule has 5 heteroatoms. The molecule has 2 aromatic rings. The van der Waals surface area contributed by atoms with Gasteiger partial charge in [-0.15, -0.1) is 0 Å². The molecule has 1 aromatic carbocycles. The SMILES string of the molecule is [CH2]c1nc(C)c(C(C)C)c(N2CCOc3c(C)cc(Br)cc3C2)n1. The Bertz CT molecular complexity index is 774. The van der Waals surface area contributed by atoms with Crippen LogP contribution in [0.5, 0.6) is 5.75 Å². The number of anilines is 1. The van der Waals surface area contributed by atoms with E-state index in [9.17, 15) is 0 Å². The fraction of sp³-hybridized carbons (Fsp3) is 0.421. The van der Waals surface area contributed by atoms with Crippen LogP contribution in [-0.2, 0) is 6.54 Å². The number of aromatic nitrogens is 2. The first-order chi connectivity index (χ1) is 11.4. The summed E-state index contributed by atoms with van der Waals surface area (Å²) in [7, 11) is 0. The Kier molecular flexibility index (Phi) is 4.81. The van der Waals surface area contributed by atoms with E-state index in [-0.39, 0.29) is 0 Å². The Labute approximate surface area is 152 Å². The first-order valence-electron chi connectivity index (χ1n) is 8.24. The summed E-state index contributed by atoms with van der Waals surface area (Å²) in [6, 6.07) is 4.23. The van der Waals surface area contributed by atoms with Gasteiger partial charge in [0, 0.05) is 34.8 Å². The maximum Gasteiger partial charge on any atom is 0.136 e. The molecule has 4 nitrogen and oxygen atoms in total. The summed E-state index contributed by atoms with van der Waals surface area (Å²) in [5, 5.41) is 0. The van der Waals surface area contributed by atoms with Crippen LogP contribution in [0.3, 0.4) is 0 Å². The van der Waals surface area contributed by atoms with Crippen LogP contribution in [0.15, 0.2) is 16.6 Å². The lowest BCUT2D eigenvalue weighted by Gasteiger charge is -2.26. The third kappa shape index (κ3) is 3.27. The van der Waals surface area contributed by atoms with Crippen molar-refractivity contribution >= 4 is 21.7 Å². The van der Waals surface area contributed by atoms with Crippen molar-refractivity contribution in [1.29, 1.82) is 0 Å². The second-order valence-electron chi connectivity index (χ2n) is 6.60. The van der Waals surface area contributed by atoms with Gasteiger partial charge in [0.05, 0.1) is 6.54 Å². The van der Waals surface area contributed by atoms with Crippen molar-refractivity contribution in [2.24, 2.45) is 0 Å². The highest BCUT2D eigenvalue weighted by Crippen LogP contribution is 2.34. The van der Waals surface area contributed by atoms with Gasteiger partial charge >= 0.3 is 0 Å². The third-order valence-electron chi connectivity index (χ3n) is 4.32. The van der Waals surface area contributed by atoms with E-state index in [2.05, 4.69) is 70.6 Å². The first-order valence-corrected chi connectivity index (χ1v) is 9.03. The standard InChI is InChI=1S/C19H23BrN3O/c1-11(2)17-13(4)21-14(5)22-19(17)23-6-7-24-18-12(3)8-16(20)9-15(18)10-23/h8-9,11H,5-7,10H2,1-4H3. The van der Waals surface area contributed by atoms with Crippen LogP contribution in [-0.4, -0.2) is 23.1 Å². The minimum Gasteiger partial charge on any atom is -0.491 e. The van der Waals surface area contributed by atoms with Crippen LogP contribution in [0.25, 0.3) is 0 Å². The molecule has 0 spiro atoms. The molecule has 1 radical (unpaired) electrons. The van der Waals surface area contributed by atoms with Crippen molar-refractivity contribution in [2.45, 2.75) is 40.2 Å². The number of hydrogen-bond donors (Lipinski definition) is 0. The van der Waals surface area contributed by atoms with Crippen LogP contribution < -0.4 is 9.64 Å². The molecule has 3 rings (SSSR count). The highest BCUT2D eigenvalue weighted by Gasteiger charge is 2.23. The topological polar surface area (TPSA) is 38.2 Å². The molecular weight excluding hydrogens is 366 g/mol. The molecule has 127 valence electrons. The number of nitrogens with zero attached hydrogens (tertiary/aromatic N) is 3. The van der Waals surface area contributed by atoms with Gasteiger partial charge < -0.3 is 9.64 Å². The monoisotopic (exact) mass is 388 g/mol. The Morgan fingerprint density at radius 1 is 1.25 bits per heavy atom. The number of fused-ring (bicyclic) bond motifs is 1. The maximum atomic E-state index is 6.03. The van der Waals surface area contributed by atoms with Crippen molar-refractivity contribution in [2.75, 3.05) is 18.1 Å². The Morgan fingerprint density at radius 2 is 2.00 bits per heavy atom. The zero-order valence-corrected chi connectivity index (χ0v) is 16.3. The maximum absolute atomic E-state index is 6.03. The Balaban J connectivity index is 2.07. The number of rotatable bonds is 2. The minimum absolute atomic E-state index is 0.355. The van der Waals surface area contributed by atoms with E-state index < -0.39 is 0 Å².